The van der Waals surface area contributed by atoms with Crippen molar-refractivity contribution in [2.75, 3.05) is 10.0 Å². The highest BCUT2D eigenvalue weighted by Gasteiger charge is 2.23. The summed E-state index contributed by atoms with van der Waals surface area (Å²) in [6.45, 7) is 1.51. The number of pyridine rings is 1. The third-order valence-corrected chi connectivity index (χ3v) is 8.66. The highest BCUT2D eigenvalue weighted by molar-refractivity contribution is 7.92. The monoisotopic (exact) mass is 620 g/mol. The van der Waals surface area contributed by atoms with Crippen LogP contribution in [0.2, 0.25) is 5.02 Å². The van der Waals surface area contributed by atoms with Crippen LogP contribution >= 0.6 is 11.6 Å². The van der Waals surface area contributed by atoms with Crippen molar-refractivity contribution >= 4 is 66.7 Å². The van der Waals surface area contributed by atoms with Crippen LogP contribution in [0.15, 0.2) is 84.1 Å². The molecule has 0 unspecified atom stereocenters. The van der Waals surface area contributed by atoms with Crippen LogP contribution in [0.1, 0.15) is 15.9 Å². The maximum absolute atomic E-state index is 15.7. The number of carbonyl (C=O) groups is 1. The first-order chi connectivity index (χ1) is 20.5. The van der Waals surface area contributed by atoms with Gasteiger partial charge in [0.1, 0.15) is 29.2 Å². The molecule has 0 atom stereocenters. The number of aromatic carboxylic acids is 1. The number of carboxylic acids is 1. The molecule has 0 spiro atoms. The van der Waals surface area contributed by atoms with Gasteiger partial charge in [0.25, 0.3) is 10.0 Å². The van der Waals surface area contributed by atoms with Gasteiger partial charge in [-0.3, -0.25) is 4.72 Å². The Bertz CT molecular complexity index is 2210. The maximum Gasteiger partial charge on any atom is 0.337 e. The minimum atomic E-state index is -4.29. The first-order valence-corrected chi connectivity index (χ1v) is 14.4. The maximum atomic E-state index is 15.7. The number of hydrogen-bond donors (Lipinski definition) is 3. The number of aromatic nitrogens is 4. The molecular formula is C29H19ClF2N6O4S. The molecule has 6 rings (SSSR count). The smallest absolute Gasteiger partial charge is 0.337 e. The summed E-state index contributed by atoms with van der Waals surface area (Å²) in [6.07, 6.45) is 2.60. The van der Waals surface area contributed by atoms with E-state index in [1.54, 1.807) is 41.0 Å². The van der Waals surface area contributed by atoms with Crippen molar-refractivity contribution in [3.05, 3.63) is 107 Å². The van der Waals surface area contributed by atoms with Crippen molar-refractivity contribution < 1.29 is 27.1 Å². The first kappa shape index (κ1) is 28.0. The molecule has 10 nitrogen and oxygen atoms in total. The number of carboxylic acid groups (broad SMARTS) is 1. The average molecular weight is 621 g/mol. The van der Waals surface area contributed by atoms with E-state index in [0.717, 1.165) is 12.1 Å². The third-order valence-electron chi connectivity index (χ3n) is 6.74. The Balaban J connectivity index is 1.41. The molecule has 0 saturated heterocycles. The van der Waals surface area contributed by atoms with Gasteiger partial charge in [-0.15, -0.1) is 0 Å². The van der Waals surface area contributed by atoms with E-state index in [0.29, 0.717) is 22.2 Å². The lowest BCUT2D eigenvalue weighted by Crippen LogP contribution is -2.16. The average Bonchev–Trinajstić information content (AvgIpc) is 3.38. The van der Waals surface area contributed by atoms with E-state index in [-0.39, 0.29) is 32.4 Å². The number of nitrogens with one attached hydrogen (secondary N) is 2. The SMILES string of the molecule is Cc1c(Cl)cccc1S(=O)(=O)Nc1ccc(F)c(Nc2ncnc3ccc(-n4cc(C(=O)O)c5ccccc54)nc23)c1F. The number of sulfonamides is 1. The fourth-order valence-electron chi connectivity index (χ4n) is 4.64. The summed E-state index contributed by atoms with van der Waals surface area (Å²) in [6, 6.07) is 16.2. The van der Waals surface area contributed by atoms with Crippen LogP contribution < -0.4 is 10.0 Å². The summed E-state index contributed by atoms with van der Waals surface area (Å²) in [5.74, 6) is -3.15. The number of halogens is 3. The number of para-hydroxylation sites is 1. The lowest BCUT2D eigenvalue weighted by Gasteiger charge is -2.15. The van der Waals surface area contributed by atoms with Gasteiger partial charge in [0.05, 0.1) is 27.2 Å². The Morgan fingerprint density at radius 1 is 1.00 bits per heavy atom. The Kier molecular flexibility index (Phi) is 6.90. The molecule has 0 aliphatic heterocycles. The Hall–Kier alpha value is -5.14. The van der Waals surface area contributed by atoms with E-state index in [2.05, 4.69) is 25.0 Å². The highest BCUT2D eigenvalue weighted by Crippen LogP contribution is 2.33. The third kappa shape index (κ3) is 4.98. The van der Waals surface area contributed by atoms with Gasteiger partial charge in [-0.25, -0.2) is 36.9 Å². The van der Waals surface area contributed by atoms with Crippen molar-refractivity contribution in [3.63, 3.8) is 0 Å². The number of anilines is 3. The molecule has 216 valence electrons. The molecular weight excluding hydrogens is 602 g/mol. The largest absolute Gasteiger partial charge is 0.478 e. The predicted octanol–water partition coefficient (Wildman–Crippen LogP) is 6.45. The fraction of sp³-hybridized carbons (Fsp3) is 0.0345. The molecule has 3 heterocycles. The Labute approximate surface area is 247 Å². The summed E-state index contributed by atoms with van der Waals surface area (Å²) < 4.78 is 60.4. The van der Waals surface area contributed by atoms with E-state index in [1.807, 2.05) is 0 Å². The van der Waals surface area contributed by atoms with Crippen LogP contribution in [0.4, 0.5) is 26.0 Å². The summed E-state index contributed by atoms with van der Waals surface area (Å²) in [5.41, 5.74) is 0.142. The molecule has 6 aromatic rings. The van der Waals surface area contributed by atoms with Crippen LogP contribution in [-0.4, -0.2) is 39.0 Å². The number of hydrogen-bond acceptors (Lipinski definition) is 7. The second-order valence-electron chi connectivity index (χ2n) is 9.37. The fourth-order valence-corrected chi connectivity index (χ4v) is 6.20. The molecule has 0 bridgehead atoms. The Morgan fingerprint density at radius 2 is 1.79 bits per heavy atom. The Morgan fingerprint density at radius 3 is 2.58 bits per heavy atom. The number of rotatable bonds is 7. The van der Waals surface area contributed by atoms with Crippen molar-refractivity contribution in [2.45, 2.75) is 11.8 Å². The van der Waals surface area contributed by atoms with Gasteiger partial charge in [0, 0.05) is 16.6 Å². The van der Waals surface area contributed by atoms with Crippen LogP contribution in [-0.2, 0) is 10.0 Å². The van der Waals surface area contributed by atoms with Crippen molar-refractivity contribution in [2.24, 2.45) is 0 Å². The van der Waals surface area contributed by atoms with Crippen molar-refractivity contribution in [1.82, 2.24) is 19.5 Å². The normalized spacial score (nSPS) is 11.6. The molecule has 0 aliphatic rings. The molecule has 3 N–H and O–H groups in total. The van der Waals surface area contributed by atoms with E-state index in [4.69, 9.17) is 11.6 Å². The lowest BCUT2D eigenvalue weighted by molar-refractivity contribution is 0.0699. The summed E-state index contributed by atoms with van der Waals surface area (Å²) in [4.78, 5) is 24.5. The zero-order valence-corrected chi connectivity index (χ0v) is 23.6. The van der Waals surface area contributed by atoms with Gasteiger partial charge in [-0.1, -0.05) is 35.9 Å². The van der Waals surface area contributed by atoms with Gasteiger partial charge in [0.2, 0.25) is 0 Å². The van der Waals surface area contributed by atoms with Crippen LogP contribution in [0.3, 0.4) is 0 Å². The molecule has 3 aromatic carbocycles. The van der Waals surface area contributed by atoms with Gasteiger partial charge in [0.15, 0.2) is 11.6 Å². The molecule has 0 amide bonds. The molecule has 14 heteroatoms. The molecule has 0 radical (unpaired) electrons. The quantitative estimate of drug-likeness (QED) is 0.185. The summed E-state index contributed by atoms with van der Waals surface area (Å²) >= 11 is 6.06. The molecule has 0 saturated carbocycles. The molecule has 0 aliphatic carbocycles. The zero-order chi connectivity index (χ0) is 30.5. The van der Waals surface area contributed by atoms with Crippen LogP contribution in [0, 0.1) is 18.6 Å². The zero-order valence-electron chi connectivity index (χ0n) is 22.0. The number of nitrogens with zero attached hydrogens (tertiary/aromatic N) is 4. The second-order valence-corrected chi connectivity index (χ2v) is 11.4. The van der Waals surface area contributed by atoms with E-state index < -0.39 is 39.0 Å². The van der Waals surface area contributed by atoms with Crippen LogP contribution in [0.25, 0.3) is 27.8 Å². The minimum Gasteiger partial charge on any atom is -0.478 e. The molecule has 3 aromatic heterocycles. The topological polar surface area (TPSA) is 139 Å². The standard InChI is InChI=1S/C29H19ClF2N6O4S/c1-15-18(30)6-4-8-23(15)43(41,42)37-20-10-9-19(31)26(25(20)32)36-28-27-21(33-14-34-28)11-12-24(35-27)38-13-17(29(39)40)16-5-2-3-7-22(16)38/h2-14,37H,1H3,(H,39,40)(H,33,34,36). The van der Waals surface area contributed by atoms with Crippen molar-refractivity contribution in [3.8, 4) is 5.82 Å². The van der Waals surface area contributed by atoms with Gasteiger partial charge >= 0.3 is 5.97 Å². The highest BCUT2D eigenvalue weighted by atomic mass is 35.5. The second kappa shape index (κ2) is 10.6. The van der Waals surface area contributed by atoms with Gasteiger partial charge in [-0.2, -0.15) is 0 Å². The number of benzene rings is 3. The minimum absolute atomic E-state index is 0.0662. The van der Waals surface area contributed by atoms with E-state index >= 15 is 4.39 Å². The number of fused-ring (bicyclic) bond motifs is 2. The summed E-state index contributed by atoms with van der Waals surface area (Å²) in [5, 5.41) is 13.0. The van der Waals surface area contributed by atoms with Crippen LogP contribution in [0.5, 0.6) is 0 Å². The lowest BCUT2D eigenvalue weighted by atomic mass is 10.2. The first-order valence-electron chi connectivity index (χ1n) is 12.5. The van der Waals surface area contributed by atoms with E-state index in [9.17, 15) is 22.7 Å². The molecule has 43 heavy (non-hydrogen) atoms. The summed E-state index contributed by atoms with van der Waals surface area (Å²) in [7, 11) is -4.29. The van der Waals surface area contributed by atoms with Gasteiger partial charge in [-0.05, 0) is 55.0 Å². The molecule has 0 fully saturated rings. The van der Waals surface area contributed by atoms with E-state index in [1.165, 1.54) is 37.6 Å². The van der Waals surface area contributed by atoms with Crippen molar-refractivity contribution in [1.29, 1.82) is 0 Å². The predicted molar refractivity (Wildman–Crippen MR) is 158 cm³/mol. The van der Waals surface area contributed by atoms with Gasteiger partial charge < -0.3 is 15.0 Å².